The van der Waals surface area contributed by atoms with E-state index in [2.05, 4.69) is 5.32 Å². The molecule has 0 bridgehead atoms. The van der Waals surface area contributed by atoms with Crippen LogP contribution in [-0.2, 0) is 22.5 Å². The zero-order valence-electron chi connectivity index (χ0n) is 11.2. The Balaban J connectivity index is 0.00000180. The van der Waals surface area contributed by atoms with Crippen LogP contribution in [0.5, 0.6) is 11.5 Å². The Bertz CT molecular complexity index is 464. The van der Waals surface area contributed by atoms with Gasteiger partial charge in [-0.2, -0.15) is 0 Å². The molecular weight excluding hydrogens is 270 g/mol. The molecule has 1 aliphatic heterocycles. The molecule has 5 nitrogen and oxygen atoms in total. The molecule has 0 radical (unpaired) electrons. The highest BCUT2D eigenvalue weighted by Crippen LogP contribution is 2.32. The minimum atomic E-state index is -0.291. The molecule has 0 saturated heterocycles. The van der Waals surface area contributed by atoms with Crippen molar-refractivity contribution in [3.63, 3.8) is 0 Å². The van der Waals surface area contributed by atoms with E-state index in [1.54, 1.807) is 14.2 Å². The minimum absolute atomic E-state index is 0. The Hall–Kier alpha value is -1.46. The minimum Gasteiger partial charge on any atom is -0.493 e. The van der Waals surface area contributed by atoms with Crippen LogP contribution in [0.25, 0.3) is 0 Å². The first kappa shape index (κ1) is 15.6. The molecule has 0 amide bonds. The van der Waals surface area contributed by atoms with Crippen molar-refractivity contribution in [3.8, 4) is 11.5 Å². The molecule has 0 aromatic heterocycles. The number of ether oxygens (including phenoxy) is 3. The third-order valence-electron chi connectivity index (χ3n) is 3.15. The summed E-state index contributed by atoms with van der Waals surface area (Å²) in [4.78, 5) is 11.5. The van der Waals surface area contributed by atoms with Gasteiger partial charge in [0.05, 0.1) is 21.3 Å². The summed E-state index contributed by atoms with van der Waals surface area (Å²) in [6.45, 7) is 0.620. The van der Waals surface area contributed by atoms with E-state index in [0.29, 0.717) is 24.5 Å². The molecule has 1 unspecified atom stereocenters. The van der Waals surface area contributed by atoms with E-state index in [-0.39, 0.29) is 24.4 Å². The first-order valence-corrected chi connectivity index (χ1v) is 5.74. The number of nitrogens with one attached hydrogen (secondary N) is 1. The number of benzene rings is 1. The molecule has 1 N–H and O–H groups in total. The Labute approximate surface area is 118 Å². The van der Waals surface area contributed by atoms with E-state index in [1.165, 1.54) is 7.11 Å². The predicted molar refractivity (Wildman–Crippen MR) is 73.1 cm³/mol. The van der Waals surface area contributed by atoms with Gasteiger partial charge in [-0.15, -0.1) is 12.4 Å². The Morgan fingerprint density at radius 2 is 1.74 bits per heavy atom. The number of rotatable bonds is 3. The molecule has 19 heavy (non-hydrogen) atoms. The molecule has 1 heterocycles. The maximum atomic E-state index is 11.5. The number of methoxy groups -OCH3 is 3. The largest absolute Gasteiger partial charge is 0.493 e. The topological polar surface area (TPSA) is 56.8 Å². The first-order chi connectivity index (χ1) is 8.69. The summed E-state index contributed by atoms with van der Waals surface area (Å²) in [5.74, 6) is 1.15. The van der Waals surface area contributed by atoms with Crippen LogP contribution in [0.15, 0.2) is 12.1 Å². The monoisotopic (exact) mass is 287 g/mol. The van der Waals surface area contributed by atoms with Crippen LogP contribution in [0.1, 0.15) is 11.1 Å². The van der Waals surface area contributed by atoms with Gasteiger partial charge in [-0.3, -0.25) is 4.79 Å². The maximum Gasteiger partial charge on any atom is 0.323 e. The summed E-state index contributed by atoms with van der Waals surface area (Å²) in [7, 11) is 4.61. The van der Waals surface area contributed by atoms with E-state index >= 15 is 0 Å². The third kappa shape index (κ3) is 3.11. The fourth-order valence-corrected chi connectivity index (χ4v) is 2.15. The van der Waals surface area contributed by atoms with E-state index < -0.39 is 0 Å². The average Bonchev–Trinajstić information content (AvgIpc) is 2.44. The summed E-state index contributed by atoms with van der Waals surface area (Å²) in [5, 5.41) is 3.14. The lowest BCUT2D eigenvalue weighted by atomic mass is 9.95. The van der Waals surface area contributed by atoms with Crippen molar-refractivity contribution in [2.24, 2.45) is 0 Å². The smallest absolute Gasteiger partial charge is 0.323 e. The zero-order valence-corrected chi connectivity index (χ0v) is 12.0. The van der Waals surface area contributed by atoms with E-state index in [9.17, 15) is 4.79 Å². The van der Waals surface area contributed by atoms with Crippen molar-refractivity contribution in [1.82, 2.24) is 5.32 Å². The highest BCUT2D eigenvalue weighted by molar-refractivity contribution is 5.85. The second-order valence-corrected chi connectivity index (χ2v) is 4.14. The van der Waals surface area contributed by atoms with Gasteiger partial charge in [0.25, 0.3) is 0 Å². The molecule has 0 saturated carbocycles. The molecule has 1 aromatic carbocycles. The van der Waals surface area contributed by atoms with Crippen molar-refractivity contribution in [1.29, 1.82) is 0 Å². The van der Waals surface area contributed by atoms with Crippen molar-refractivity contribution >= 4 is 18.4 Å². The van der Waals surface area contributed by atoms with Gasteiger partial charge in [0.1, 0.15) is 6.04 Å². The molecule has 6 heteroatoms. The predicted octanol–water partition coefficient (Wildman–Crippen LogP) is 1.31. The first-order valence-electron chi connectivity index (χ1n) is 5.74. The second-order valence-electron chi connectivity index (χ2n) is 4.14. The number of esters is 1. The normalized spacial score (nSPS) is 16.9. The van der Waals surface area contributed by atoms with Crippen LogP contribution in [0.4, 0.5) is 0 Å². The number of fused-ring (bicyclic) bond motifs is 1. The summed E-state index contributed by atoms with van der Waals surface area (Å²) < 4.78 is 15.3. The Morgan fingerprint density at radius 3 is 2.26 bits per heavy atom. The molecule has 0 spiro atoms. The van der Waals surface area contributed by atoms with Crippen LogP contribution in [0.3, 0.4) is 0 Å². The molecule has 1 aromatic rings. The van der Waals surface area contributed by atoms with Gasteiger partial charge in [-0.1, -0.05) is 0 Å². The Kier molecular flexibility index (Phi) is 5.44. The van der Waals surface area contributed by atoms with E-state index in [0.717, 1.165) is 11.1 Å². The van der Waals surface area contributed by atoms with Crippen molar-refractivity contribution in [2.75, 3.05) is 21.3 Å². The number of halogens is 1. The summed E-state index contributed by atoms with van der Waals surface area (Å²) in [6.07, 6.45) is 0.600. The summed E-state index contributed by atoms with van der Waals surface area (Å²) in [5.41, 5.74) is 2.20. The van der Waals surface area contributed by atoms with Crippen LogP contribution in [0, 0.1) is 0 Å². The highest BCUT2D eigenvalue weighted by Gasteiger charge is 2.26. The number of carbonyl (C=O) groups is 1. The average molecular weight is 288 g/mol. The van der Waals surface area contributed by atoms with Crippen molar-refractivity contribution in [3.05, 3.63) is 23.3 Å². The quantitative estimate of drug-likeness (QED) is 0.850. The molecule has 1 aliphatic rings. The lowest BCUT2D eigenvalue weighted by Crippen LogP contribution is -2.42. The fourth-order valence-electron chi connectivity index (χ4n) is 2.15. The maximum absolute atomic E-state index is 11.5. The lowest BCUT2D eigenvalue weighted by molar-refractivity contribution is -0.143. The van der Waals surface area contributed by atoms with Crippen molar-refractivity contribution in [2.45, 2.75) is 19.0 Å². The van der Waals surface area contributed by atoms with Gasteiger partial charge in [-0.05, 0) is 29.7 Å². The van der Waals surface area contributed by atoms with Crippen LogP contribution in [0.2, 0.25) is 0 Å². The standard InChI is InChI=1S/C13H17NO4.ClH/c1-16-11-5-8-4-10(13(15)18-3)14-7-9(8)6-12(11)17-2;/h5-6,10,14H,4,7H2,1-3H3;1H. The van der Waals surface area contributed by atoms with Crippen LogP contribution >= 0.6 is 12.4 Å². The van der Waals surface area contributed by atoms with Gasteiger partial charge >= 0.3 is 5.97 Å². The summed E-state index contributed by atoms with van der Waals surface area (Å²) in [6, 6.07) is 3.57. The Morgan fingerprint density at radius 1 is 1.16 bits per heavy atom. The fraction of sp³-hybridized carbons (Fsp3) is 0.462. The van der Waals surface area contributed by atoms with Gasteiger partial charge in [0, 0.05) is 6.54 Å². The lowest BCUT2D eigenvalue weighted by Gasteiger charge is -2.25. The van der Waals surface area contributed by atoms with E-state index in [4.69, 9.17) is 14.2 Å². The number of carbonyl (C=O) groups excluding carboxylic acids is 1. The molecule has 1 atom stereocenters. The number of hydrogen-bond acceptors (Lipinski definition) is 5. The third-order valence-corrected chi connectivity index (χ3v) is 3.15. The van der Waals surface area contributed by atoms with Gasteiger partial charge < -0.3 is 19.5 Å². The van der Waals surface area contributed by atoms with Gasteiger partial charge in [0.15, 0.2) is 11.5 Å². The van der Waals surface area contributed by atoms with Gasteiger partial charge in [0.2, 0.25) is 0 Å². The molecule has 0 fully saturated rings. The van der Waals surface area contributed by atoms with Gasteiger partial charge in [-0.25, -0.2) is 0 Å². The van der Waals surface area contributed by atoms with Crippen molar-refractivity contribution < 1.29 is 19.0 Å². The number of hydrogen-bond donors (Lipinski definition) is 1. The zero-order chi connectivity index (χ0) is 13.1. The summed E-state index contributed by atoms with van der Waals surface area (Å²) >= 11 is 0. The molecule has 0 aliphatic carbocycles. The molecular formula is C13H18ClNO4. The molecule has 2 rings (SSSR count). The SMILES string of the molecule is COC(=O)C1Cc2cc(OC)c(OC)cc2CN1.Cl. The second kappa shape index (κ2) is 6.63. The molecule has 106 valence electrons. The van der Waals surface area contributed by atoms with Crippen LogP contribution in [-0.4, -0.2) is 33.3 Å². The van der Waals surface area contributed by atoms with E-state index in [1.807, 2.05) is 12.1 Å². The van der Waals surface area contributed by atoms with Crippen LogP contribution < -0.4 is 14.8 Å². The highest BCUT2D eigenvalue weighted by atomic mass is 35.5.